The van der Waals surface area contributed by atoms with Gasteiger partial charge in [0.1, 0.15) is 11.3 Å². The third kappa shape index (κ3) is 3.85. The number of rotatable bonds is 4. The standard InChI is InChI=1S/C18H17ClN2O2/c1-12(17-10-14-6-2-3-8-16(14)23-17)21-18(22)20-11-13-5-4-7-15(19)9-13/h2-10,12H,11H2,1H3,(H2,20,21,22)/t12-/m0/s1. The number of carbonyl (C=O) groups is 1. The molecule has 0 aliphatic carbocycles. The average Bonchev–Trinajstić information content (AvgIpc) is 2.97. The van der Waals surface area contributed by atoms with Gasteiger partial charge in [0.25, 0.3) is 0 Å². The smallest absolute Gasteiger partial charge is 0.315 e. The molecule has 1 aromatic heterocycles. The Morgan fingerprint density at radius 1 is 1.17 bits per heavy atom. The molecule has 0 saturated carbocycles. The second-order valence-electron chi connectivity index (χ2n) is 5.37. The van der Waals surface area contributed by atoms with Gasteiger partial charge in [0.15, 0.2) is 0 Å². The van der Waals surface area contributed by atoms with Crippen molar-refractivity contribution in [2.45, 2.75) is 19.5 Å². The fourth-order valence-electron chi connectivity index (χ4n) is 2.36. The first kappa shape index (κ1) is 15.4. The molecule has 0 fully saturated rings. The number of halogens is 1. The van der Waals surface area contributed by atoms with Crippen molar-refractivity contribution >= 4 is 28.6 Å². The Labute approximate surface area is 139 Å². The van der Waals surface area contributed by atoms with Crippen LogP contribution in [0.1, 0.15) is 24.3 Å². The SMILES string of the molecule is C[C@H](NC(=O)NCc1cccc(Cl)c1)c1cc2ccccc2o1. The first-order valence-corrected chi connectivity index (χ1v) is 7.77. The fraction of sp³-hybridized carbons (Fsp3) is 0.167. The molecule has 1 atom stereocenters. The van der Waals surface area contributed by atoms with Crippen LogP contribution in [-0.4, -0.2) is 6.03 Å². The quantitative estimate of drug-likeness (QED) is 0.732. The van der Waals surface area contributed by atoms with Crippen LogP contribution < -0.4 is 10.6 Å². The molecule has 0 aliphatic rings. The van der Waals surface area contributed by atoms with Crippen LogP contribution in [0.3, 0.4) is 0 Å². The third-order valence-electron chi connectivity index (χ3n) is 3.56. The molecule has 3 rings (SSSR count). The van der Waals surface area contributed by atoms with Gasteiger partial charge in [0.05, 0.1) is 6.04 Å². The number of urea groups is 1. The molecule has 118 valence electrons. The molecule has 2 N–H and O–H groups in total. The number of furan rings is 1. The van der Waals surface area contributed by atoms with Crippen molar-refractivity contribution in [2.24, 2.45) is 0 Å². The molecular formula is C18H17ClN2O2. The van der Waals surface area contributed by atoms with Crippen molar-refractivity contribution in [3.63, 3.8) is 0 Å². The summed E-state index contributed by atoms with van der Waals surface area (Å²) >= 11 is 5.92. The number of fused-ring (bicyclic) bond motifs is 1. The Balaban J connectivity index is 1.58. The lowest BCUT2D eigenvalue weighted by molar-refractivity contribution is 0.236. The van der Waals surface area contributed by atoms with Crippen LogP contribution in [0.2, 0.25) is 5.02 Å². The number of nitrogens with one attached hydrogen (secondary N) is 2. The minimum atomic E-state index is -0.252. The van der Waals surface area contributed by atoms with E-state index in [1.54, 1.807) is 6.07 Å². The van der Waals surface area contributed by atoms with Gasteiger partial charge in [-0.3, -0.25) is 0 Å². The van der Waals surface area contributed by atoms with E-state index in [1.807, 2.05) is 55.5 Å². The van der Waals surface area contributed by atoms with Crippen molar-refractivity contribution in [3.8, 4) is 0 Å². The van der Waals surface area contributed by atoms with Crippen LogP contribution in [0.5, 0.6) is 0 Å². The summed E-state index contributed by atoms with van der Waals surface area (Å²) < 4.78 is 5.75. The zero-order chi connectivity index (χ0) is 16.2. The van der Waals surface area contributed by atoms with E-state index in [0.29, 0.717) is 11.6 Å². The van der Waals surface area contributed by atoms with Crippen LogP contribution in [-0.2, 0) is 6.54 Å². The molecule has 0 radical (unpaired) electrons. The molecule has 0 bridgehead atoms. The monoisotopic (exact) mass is 328 g/mol. The van der Waals surface area contributed by atoms with E-state index in [2.05, 4.69) is 10.6 Å². The Bertz CT molecular complexity index is 796. The number of benzene rings is 2. The van der Waals surface area contributed by atoms with E-state index in [0.717, 1.165) is 22.3 Å². The van der Waals surface area contributed by atoms with E-state index in [1.165, 1.54) is 0 Å². The van der Waals surface area contributed by atoms with Crippen molar-refractivity contribution < 1.29 is 9.21 Å². The van der Waals surface area contributed by atoms with E-state index in [9.17, 15) is 4.79 Å². The first-order valence-electron chi connectivity index (χ1n) is 7.39. The van der Waals surface area contributed by atoms with Gasteiger partial charge in [-0.05, 0) is 36.8 Å². The summed E-state index contributed by atoms with van der Waals surface area (Å²) in [6, 6.07) is 16.6. The number of hydrogen-bond acceptors (Lipinski definition) is 2. The third-order valence-corrected chi connectivity index (χ3v) is 3.80. The van der Waals surface area contributed by atoms with E-state index in [-0.39, 0.29) is 12.1 Å². The fourth-order valence-corrected chi connectivity index (χ4v) is 2.58. The Kier molecular flexibility index (Phi) is 4.53. The lowest BCUT2D eigenvalue weighted by Crippen LogP contribution is -2.36. The summed E-state index contributed by atoms with van der Waals surface area (Å²) in [5, 5.41) is 7.35. The van der Waals surface area contributed by atoms with Gasteiger partial charge in [0.2, 0.25) is 0 Å². The molecule has 2 amide bonds. The second-order valence-corrected chi connectivity index (χ2v) is 5.80. The predicted molar refractivity (Wildman–Crippen MR) is 91.5 cm³/mol. The van der Waals surface area contributed by atoms with Crippen LogP contribution in [0.15, 0.2) is 59.0 Å². The highest BCUT2D eigenvalue weighted by Gasteiger charge is 2.13. The number of carbonyl (C=O) groups excluding carboxylic acids is 1. The van der Waals surface area contributed by atoms with Gasteiger partial charge in [-0.2, -0.15) is 0 Å². The van der Waals surface area contributed by atoms with Crippen LogP contribution >= 0.6 is 11.6 Å². The molecule has 0 spiro atoms. The lowest BCUT2D eigenvalue weighted by atomic mass is 10.2. The molecule has 5 heteroatoms. The second kappa shape index (κ2) is 6.75. The predicted octanol–water partition coefficient (Wildman–Crippen LogP) is 4.65. The van der Waals surface area contributed by atoms with Gasteiger partial charge in [-0.15, -0.1) is 0 Å². The van der Waals surface area contributed by atoms with Gasteiger partial charge in [-0.25, -0.2) is 4.79 Å². The van der Waals surface area contributed by atoms with Crippen LogP contribution in [0.25, 0.3) is 11.0 Å². The summed E-state index contributed by atoms with van der Waals surface area (Å²) in [6.45, 7) is 2.30. The lowest BCUT2D eigenvalue weighted by Gasteiger charge is -2.12. The zero-order valence-corrected chi connectivity index (χ0v) is 13.4. The Hall–Kier alpha value is -2.46. The zero-order valence-electron chi connectivity index (χ0n) is 12.7. The maximum atomic E-state index is 12.0. The minimum Gasteiger partial charge on any atom is -0.459 e. The highest BCUT2D eigenvalue weighted by Crippen LogP contribution is 2.23. The van der Waals surface area contributed by atoms with Gasteiger partial charge < -0.3 is 15.1 Å². The van der Waals surface area contributed by atoms with E-state index >= 15 is 0 Å². The number of para-hydroxylation sites is 1. The summed E-state index contributed by atoms with van der Waals surface area (Å²) in [7, 11) is 0. The van der Waals surface area contributed by atoms with Gasteiger partial charge in [0, 0.05) is 17.0 Å². The number of hydrogen-bond donors (Lipinski definition) is 2. The molecule has 2 aromatic carbocycles. The van der Waals surface area contributed by atoms with Gasteiger partial charge >= 0.3 is 6.03 Å². The molecule has 4 nitrogen and oxygen atoms in total. The number of amides is 2. The van der Waals surface area contributed by atoms with Crippen molar-refractivity contribution in [3.05, 3.63) is 70.9 Å². The topological polar surface area (TPSA) is 54.3 Å². The first-order chi connectivity index (χ1) is 11.1. The molecule has 0 unspecified atom stereocenters. The van der Waals surface area contributed by atoms with Crippen molar-refractivity contribution in [1.82, 2.24) is 10.6 Å². The van der Waals surface area contributed by atoms with Crippen molar-refractivity contribution in [2.75, 3.05) is 0 Å². The molecule has 3 aromatic rings. The molecule has 1 heterocycles. The molecule has 0 aliphatic heterocycles. The maximum Gasteiger partial charge on any atom is 0.315 e. The van der Waals surface area contributed by atoms with Crippen LogP contribution in [0, 0.1) is 0 Å². The van der Waals surface area contributed by atoms with Crippen LogP contribution in [0.4, 0.5) is 4.79 Å². The van der Waals surface area contributed by atoms with E-state index in [4.69, 9.17) is 16.0 Å². The minimum absolute atomic E-state index is 0.221. The Morgan fingerprint density at radius 2 is 2.00 bits per heavy atom. The summed E-state index contributed by atoms with van der Waals surface area (Å²) in [5.41, 5.74) is 1.76. The Morgan fingerprint density at radius 3 is 2.78 bits per heavy atom. The highest BCUT2D eigenvalue weighted by molar-refractivity contribution is 6.30. The summed E-state index contributed by atoms with van der Waals surface area (Å²) in [6.07, 6.45) is 0. The normalized spacial score (nSPS) is 12.1. The molecular weight excluding hydrogens is 312 g/mol. The summed E-state index contributed by atoms with van der Waals surface area (Å²) in [4.78, 5) is 12.0. The highest BCUT2D eigenvalue weighted by atomic mass is 35.5. The van der Waals surface area contributed by atoms with Crippen molar-refractivity contribution in [1.29, 1.82) is 0 Å². The van der Waals surface area contributed by atoms with E-state index < -0.39 is 0 Å². The molecule has 23 heavy (non-hydrogen) atoms. The van der Waals surface area contributed by atoms with Gasteiger partial charge in [-0.1, -0.05) is 41.9 Å². The largest absolute Gasteiger partial charge is 0.459 e. The average molecular weight is 329 g/mol. The maximum absolute atomic E-state index is 12.0. The summed E-state index contributed by atoms with van der Waals surface area (Å²) in [5.74, 6) is 0.726. The molecule has 0 saturated heterocycles.